The Balaban J connectivity index is 2.21. The smallest absolute Gasteiger partial charge is 0.256 e. The van der Waals surface area contributed by atoms with E-state index in [2.05, 4.69) is 32.9 Å². The lowest BCUT2D eigenvalue weighted by atomic mass is 10.2. The molecule has 0 aliphatic carbocycles. The average Bonchev–Trinajstić information content (AvgIpc) is 2.70. The molecule has 1 amide bonds. The van der Waals surface area contributed by atoms with Gasteiger partial charge in [0.2, 0.25) is 0 Å². The number of aryl methyl sites for hydroxylation is 1. The van der Waals surface area contributed by atoms with Crippen LogP contribution in [0.5, 0.6) is 0 Å². The number of aromatic nitrogens is 1. The molecule has 0 saturated heterocycles. The first-order chi connectivity index (χ1) is 8.06. The molecule has 2 rings (SSSR count). The fraction of sp³-hybridized carbons (Fsp3) is 0.0909. The number of carbonyl (C=O) groups is 1. The Morgan fingerprint density at radius 1 is 1.53 bits per heavy atom. The summed E-state index contributed by atoms with van der Waals surface area (Å²) in [6, 6.07) is 3.63. The van der Waals surface area contributed by atoms with Crippen molar-refractivity contribution in [2.24, 2.45) is 0 Å². The van der Waals surface area contributed by atoms with Crippen molar-refractivity contribution in [3.05, 3.63) is 42.9 Å². The van der Waals surface area contributed by atoms with Crippen LogP contribution in [0.3, 0.4) is 0 Å². The van der Waals surface area contributed by atoms with E-state index in [0.717, 1.165) is 8.45 Å². The number of hydrogen-bond acceptors (Lipinski definition) is 3. The van der Waals surface area contributed by atoms with E-state index >= 15 is 0 Å². The summed E-state index contributed by atoms with van der Waals surface area (Å²) in [4.78, 5) is 15.9. The molecule has 1 N–H and O–H groups in total. The van der Waals surface area contributed by atoms with Gasteiger partial charge in [-0.1, -0.05) is 11.6 Å². The highest BCUT2D eigenvalue weighted by Crippen LogP contribution is 2.22. The molecule has 0 radical (unpaired) electrons. The van der Waals surface area contributed by atoms with E-state index in [1.807, 2.05) is 18.4 Å². The van der Waals surface area contributed by atoms with Gasteiger partial charge in [0.1, 0.15) is 0 Å². The second-order valence-electron chi connectivity index (χ2n) is 3.44. The zero-order valence-electron chi connectivity index (χ0n) is 8.83. The molecule has 0 fully saturated rings. The Kier molecular flexibility index (Phi) is 4.01. The predicted molar refractivity (Wildman–Crippen MR) is 79.0 cm³/mol. The summed E-state index contributed by atoms with van der Waals surface area (Å²) in [7, 11) is 0. The minimum atomic E-state index is -0.168. The first kappa shape index (κ1) is 12.8. The summed E-state index contributed by atoms with van der Waals surface area (Å²) in [6.45, 7) is 1.90. The molecule has 2 heterocycles. The SMILES string of the molecule is Cc1cnc(Cl)c(NC(=O)c2csc(I)c2)c1. The van der Waals surface area contributed by atoms with Gasteiger partial charge in [0.25, 0.3) is 5.91 Å². The van der Waals surface area contributed by atoms with Gasteiger partial charge < -0.3 is 5.32 Å². The number of pyridine rings is 1. The Morgan fingerprint density at radius 3 is 2.94 bits per heavy atom. The van der Waals surface area contributed by atoms with Crippen LogP contribution in [0.25, 0.3) is 0 Å². The molecule has 2 aromatic rings. The van der Waals surface area contributed by atoms with Gasteiger partial charge in [-0.3, -0.25) is 4.79 Å². The zero-order valence-corrected chi connectivity index (χ0v) is 12.6. The van der Waals surface area contributed by atoms with E-state index in [1.165, 1.54) is 11.3 Å². The Bertz CT molecular complexity index is 570. The van der Waals surface area contributed by atoms with Gasteiger partial charge in [0.05, 0.1) is 14.1 Å². The maximum absolute atomic E-state index is 11.9. The lowest BCUT2D eigenvalue weighted by molar-refractivity contribution is 0.102. The summed E-state index contributed by atoms with van der Waals surface area (Å²) in [6.07, 6.45) is 1.66. The largest absolute Gasteiger partial charge is 0.319 e. The van der Waals surface area contributed by atoms with Gasteiger partial charge >= 0.3 is 0 Å². The predicted octanol–water partition coefficient (Wildman–Crippen LogP) is 3.96. The van der Waals surface area contributed by atoms with Crippen molar-refractivity contribution >= 4 is 57.1 Å². The van der Waals surface area contributed by atoms with Crippen LogP contribution in [-0.4, -0.2) is 10.9 Å². The first-order valence-corrected chi connectivity index (χ1v) is 7.07. The van der Waals surface area contributed by atoms with Crippen molar-refractivity contribution in [1.29, 1.82) is 0 Å². The molecule has 88 valence electrons. The maximum Gasteiger partial charge on any atom is 0.256 e. The van der Waals surface area contributed by atoms with Gasteiger partial charge in [-0.05, 0) is 47.2 Å². The van der Waals surface area contributed by atoms with Crippen molar-refractivity contribution in [2.75, 3.05) is 5.32 Å². The number of amides is 1. The number of halogens is 2. The van der Waals surface area contributed by atoms with Gasteiger partial charge in [0.15, 0.2) is 5.15 Å². The number of nitrogens with zero attached hydrogens (tertiary/aromatic N) is 1. The second kappa shape index (κ2) is 5.32. The van der Waals surface area contributed by atoms with Crippen molar-refractivity contribution in [3.8, 4) is 0 Å². The normalized spacial score (nSPS) is 10.3. The lowest BCUT2D eigenvalue weighted by Gasteiger charge is -2.06. The number of anilines is 1. The number of carbonyl (C=O) groups excluding carboxylic acids is 1. The third kappa shape index (κ3) is 3.17. The lowest BCUT2D eigenvalue weighted by Crippen LogP contribution is -2.11. The van der Waals surface area contributed by atoms with Crippen LogP contribution in [0.4, 0.5) is 5.69 Å². The third-order valence-electron chi connectivity index (χ3n) is 2.05. The Hall–Kier alpha value is -0.660. The molecule has 0 bridgehead atoms. The molecule has 0 saturated carbocycles. The van der Waals surface area contributed by atoms with Crippen LogP contribution in [0.1, 0.15) is 15.9 Å². The molecule has 0 unspecified atom stereocenters. The zero-order chi connectivity index (χ0) is 12.4. The van der Waals surface area contributed by atoms with E-state index in [9.17, 15) is 4.79 Å². The number of nitrogens with one attached hydrogen (secondary N) is 1. The first-order valence-electron chi connectivity index (χ1n) is 4.74. The van der Waals surface area contributed by atoms with Crippen LogP contribution in [0, 0.1) is 9.81 Å². The highest BCUT2D eigenvalue weighted by molar-refractivity contribution is 14.1. The van der Waals surface area contributed by atoms with Gasteiger partial charge in [-0.15, -0.1) is 11.3 Å². The topological polar surface area (TPSA) is 42.0 Å². The van der Waals surface area contributed by atoms with E-state index in [1.54, 1.807) is 12.3 Å². The Morgan fingerprint density at radius 2 is 2.29 bits per heavy atom. The Labute approximate surface area is 121 Å². The van der Waals surface area contributed by atoms with Crippen molar-refractivity contribution in [3.63, 3.8) is 0 Å². The number of thiophene rings is 1. The fourth-order valence-corrected chi connectivity index (χ4v) is 2.74. The average molecular weight is 379 g/mol. The molecular formula is C11H8ClIN2OS. The maximum atomic E-state index is 11.9. The summed E-state index contributed by atoms with van der Waals surface area (Å²) in [5, 5.41) is 4.86. The molecular weight excluding hydrogens is 371 g/mol. The van der Waals surface area contributed by atoms with E-state index < -0.39 is 0 Å². The highest BCUT2D eigenvalue weighted by Gasteiger charge is 2.10. The van der Waals surface area contributed by atoms with Gasteiger partial charge in [-0.2, -0.15) is 0 Å². The van der Waals surface area contributed by atoms with Crippen molar-refractivity contribution in [2.45, 2.75) is 6.92 Å². The summed E-state index contributed by atoms with van der Waals surface area (Å²) >= 11 is 9.61. The molecule has 0 spiro atoms. The van der Waals surface area contributed by atoms with Crippen LogP contribution in [0.15, 0.2) is 23.7 Å². The molecule has 0 aliphatic rings. The minimum Gasteiger partial charge on any atom is -0.319 e. The minimum absolute atomic E-state index is 0.168. The van der Waals surface area contributed by atoms with E-state index in [-0.39, 0.29) is 5.91 Å². The van der Waals surface area contributed by atoms with Crippen LogP contribution in [-0.2, 0) is 0 Å². The number of rotatable bonds is 2. The van der Waals surface area contributed by atoms with E-state index in [0.29, 0.717) is 16.4 Å². The fourth-order valence-electron chi connectivity index (χ4n) is 1.26. The van der Waals surface area contributed by atoms with Crippen LogP contribution in [0.2, 0.25) is 5.15 Å². The molecule has 0 atom stereocenters. The van der Waals surface area contributed by atoms with Crippen molar-refractivity contribution in [1.82, 2.24) is 4.98 Å². The number of hydrogen-bond donors (Lipinski definition) is 1. The second-order valence-corrected chi connectivity index (χ2v) is 6.61. The van der Waals surface area contributed by atoms with Gasteiger partial charge in [0, 0.05) is 11.6 Å². The standard InChI is InChI=1S/C11H8ClIN2OS/c1-6-2-8(10(12)14-4-6)15-11(16)7-3-9(13)17-5-7/h2-5H,1H3,(H,15,16). The van der Waals surface area contributed by atoms with Crippen LogP contribution < -0.4 is 5.32 Å². The quantitative estimate of drug-likeness (QED) is 0.635. The third-order valence-corrected chi connectivity index (χ3v) is 4.14. The molecule has 0 aliphatic heterocycles. The molecule has 6 heteroatoms. The summed E-state index contributed by atoms with van der Waals surface area (Å²) in [5.41, 5.74) is 2.12. The monoisotopic (exact) mass is 378 g/mol. The van der Waals surface area contributed by atoms with Crippen molar-refractivity contribution < 1.29 is 4.79 Å². The molecule has 3 nitrogen and oxygen atoms in total. The summed E-state index contributed by atoms with van der Waals surface area (Å²) in [5.74, 6) is -0.168. The molecule has 0 aromatic carbocycles. The molecule has 17 heavy (non-hydrogen) atoms. The highest BCUT2D eigenvalue weighted by atomic mass is 127. The molecule has 2 aromatic heterocycles. The summed E-state index contributed by atoms with van der Waals surface area (Å²) < 4.78 is 1.07. The van der Waals surface area contributed by atoms with Gasteiger partial charge in [-0.25, -0.2) is 4.98 Å². The van der Waals surface area contributed by atoms with E-state index in [4.69, 9.17) is 11.6 Å². The van der Waals surface area contributed by atoms with Crippen LogP contribution >= 0.6 is 45.5 Å².